The second-order valence-electron chi connectivity index (χ2n) is 6.06. The summed E-state index contributed by atoms with van der Waals surface area (Å²) >= 11 is 0. The molecule has 0 saturated carbocycles. The van der Waals surface area contributed by atoms with Gasteiger partial charge in [0.05, 0.1) is 19.8 Å². The molecule has 1 rings (SSSR count). The second-order valence-corrected chi connectivity index (χ2v) is 6.06. The highest BCUT2D eigenvalue weighted by Crippen LogP contribution is 2.25. The maximum atomic E-state index is 9.28. The molecule has 0 aromatic heterocycles. The third-order valence-electron chi connectivity index (χ3n) is 2.87. The van der Waals surface area contributed by atoms with Crippen molar-refractivity contribution in [1.29, 1.82) is 0 Å². The Balaban J connectivity index is 2.75. The summed E-state index contributed by atoms with van der Waals surface area (Å²) in [7, 11) is 1.66. The van der Waals surface area contributed by atoms with Gasteiger partial charge in [-0.1, -0.05) is 0 Å². The number of hydrogen-bond acceptors (Lipinski definition) is 4. The summed E-state index contributed by atoms with van der Waals surface area (Å²) < 4.78 is 11.0. The van der Waals surface area contributed by atoms with Gasteiger partial charge >= 0.3 is 0 Å². The second kappa shape index (κ2) is 7.50. The lowest BCUT2D eigenvalue weighted by molar-refractivity contribution is 0.155. The van der Waals surface area contributed by atoms with Gasteiger partial charge < -0.3 is 19.9 Å². The van der Waals surface area contributed by atoms with Crippen LogP contribution in [0.5, 0.6) is 11.5 Å². The summed E-state index contributed by atoms with van der Waals surface area (Å²) in [6.45, 7) is 9.36. The normalized spacial score (nSPS) is 13.1. The fourth-order valence-corrected chi connectivity index (χ4v) is 1.66. The topological polar surface area (TPSA) is 50.7 Å². The zero-order chi connectivity index (χ0) is 15.2. The van der Waals surface area contributed by atoms with E-state index in [1.807, 2.05) is 18.2 Å². The smallest absolute Gasteiger partial charge is 0.124 e. The van der Waals surface area contributed by atoms with Crippen LogP contribution in [0.2, 0.25) is 0 Å². The van der Waals surface area contributed by atoms with Crippen molar-refractivity contribution in [3.05, 3.63) is 23.8 Å². The van der Waals surface area contributed by atoms with E-state index in [4.69, 9.17) is 9.47 Å². The van der Waals surface area contributed by atoms with E-state index >= 15 is 0 Å². The molecule has 1 unspecified atom stereocenters. The van der Waals surface area contributed by atoms with E-state index in [0.717, 1.165) is 17.1 Å². The van der Waals surface area contributed by atoms with Crippen molar-refractivity contribution in [2.45, 2.75) is 52.3 Å². The minimum Gasteiger partial charge on any atom is -0.497 e. The van der Waals surface area contributed by atoms with Gasteiger partial charge in [0, 0.05) is 24.1 Å². The monoisotopic (exact) mass is 281 g/mol. The number of rotatable bonds is 7. The first-order valence-electron chi connectivity index (χ1n) is 7.04. The molecule has 0 aliphatic heterocycles. The standard InChI is InChI=1S/C16H27NO3/c1-12(18)8-9-20-15-7-6-14(19-5)10-13(15)11-17-16(2,3)4/h6-7,10,12,17-18H,8-9,11H2,1-5H3. The number of aliphatic hydroxyl groups excluding tert-OH is 1. The quantitative estimate of drug-likeness (QED) is 0.807. The number of aliphatic hydroxyl groups is 1. The van der Waals surface area contributed by atoms with Crippen molar-refractivity contribution in [2.75, 3.05) is 13.7 Å². The fourth-order valence-electron chi connectivity index (χ4n) is 1.66. The lowest BCUT2D eigenvalue weighted by Gasteiger charge is -2.22. The van der Waals surface area contributed by atoms with Crippen LogP contribution in [-0.2, 0) is 6.54 Å². The molecule has 0 aliphatic carbocycles. The van der Waals surface area contributed by atoms with Crippen molar-refractivity contribution >= 4 is 0 Å². The lowest BCUT2D eigenvalue weighted by Crippen LogP contribution is -2.35. The molecule has 1 aromatic rings. The summed E-state index contributed by atoms with van der Waals surface area (Å²) in [5, 5.41) is 12.7. The van der Waals surface area contributed by atoms with Crippen LogP contribution in [-0.4, -0.2) is 30.5 Å². The van der Waals surface area contributed by atoms with Crippen LogP contribution in [0.1, 0.15) is 39.7 Å². The highest BCUT2D eigenvalue weighted by atomic mass is 16.5. The predicted molar refractivity (Wildman–Crippen MR) is 81.4 cm³/mol. The first kappa shape index (κ1) is 16.8. The number of nitrogens with one attached hydrogen (secondary N) is 1. The Labute approximate surface area is 122 Å². The van der Waals surface area contributed by atoms with Gasteiger partial charge in [-0.05, 0) is 45.9 Å². The van der Waals surface area contributed by atoms with Crippen LogP contribution in [0.15, 0.2) is 18.2 Å². The highest BCUT2D eigenvalue weighted by molar-refractivity contribution is 5.40. The molecule has 4 heteroatoms. The molecule has 20 heavy (non-hydrogen) atoms. The van der Waals surface area contributed by atoms with Gasteiger partial charge in [0.2, 0.25) is 0 Å². The maximum Gasteiger partial charge on any atom is 0.124 e. The van der Waals surface area contributed by atoms with E-state index in [1.54, 1.807) is 14.0 Å². The van der Waals surface area contributed by atoms with E-state index < -0.39 is 0 Å². The Morgan fingerprint density at radius 3 is 2.55 bits per heavy atom. The SMILES string of the molecule is COc1ccc(OCCC(C)O)c(CNC(C)(C)C)c1. The summed E-state index contributed by atoms with van der Waals surface area (Å²) in [5.41, 5.74) is 1.10. The summed E-state index contributed by atoms with van der Waals surface area (Å²) in [6, 6.07) is 5.79. The predicted octanol–water partition coefficient (Wildman–Crippen LogP) is 2.73. The van der Waals surface area contributed by atoms with Crippen molar-refractivity contribution in [1.82, 2.24) is 5.32 Å². The molecule has 0 fully saturated rings. The van der Waals surface area contributed by atoms with E-state index in [-0.39, 0.29) is 11.6 Å². The number of methoxy groups -OCH3 is 1. The lowest BCUT2D eigenvalue weighted by atomic mass is 10.1. The van der Waals surface area contributed by atoms with Crippen LogP contribution in [0.4, 0.5) is 0 Å². The summed E-state index contributed by atoms with van der Waals surface area (Å²) in [6.07, 6.45) is 0.280. The van der Waals surface area contributed by atoms with Crippen LogP contribution >= 0.6 is 0 Å². The number of benzene rings is 1. The third kappa shape index (κ3) is 6.26. The molecule has 1 atom stereocenters. The molecule has 0 bridgehead atoms. The Kier molecular flexibility index (Phi) is 6.30. The zero-order valence-corrected chi connectivity index (χ0v) is 13.2. The van der Waals surface area contributed by atoms with Crippen molar-refractivity contribution < 1.29 is 14.6 Å². The van der Waals surface area contributed by atoms with Gasteiger partial charge in [-0.2, -0.15) is 0 Å². The summed E-state index contributed by atoms with van der Waals surface area (Å²) in [4.78, 5) is 0. The Morgan fingerprint density at radius 1 is 1.30 bits per heavy atom. The number of ether oxygens (including phenoxy) is 2. The van der Waals surface area contributed by atoms with E-state index in [0.29, 0.717) is 19.6 Å². The molecule has 0 radical (unpaired) electrons. The average molecular weight is 281 g/mol. The van der Waals surface area contributed by atoms with Gasteiger partial charge in [-0.25, -0.2) is 0 Å². The van der Waals surface area contributed by atoms with Gasteiger partial charge in [-0.3, -0.25) is 0 Å². The minimum atomic E-state index is -0.343. The van der Waals surface area contributed by atoms with Crippen LogP contribution in [0.25, 0.3) is 0 Å². The fraction of sp³-hybridized carbons (Fsp3) is 0.625. The molecular formula is C16H27NO3. The Bertz CT molecular complexity index is 411. The van der Waals surface area contributed by atoms with E-state index in [9.17, 15) is 5.11 Å². The maximum absolute atomic E-state index is 9.28. The van der Waals surface area contributed by atoms with Gasteiger partial charge in [0.15, 0.2) is 0 Å². The molecule has 0 spiro atoms. The largest absolute Gasteiger partial charge is 0.497 e. The molecule has 2 N–H and O–H groups in total. The Morgan fingerprint density at radius 2 is 2.00 bits per heavy atom. The van der Waals surface area contributed by atoms with Crippen LogP contribution in [0, 0.1) is 0 Å². The molecule has 0 saturated heterocycles. The van der Waals surface area contributed by atoms with Gasteiger partial charge in [0.1, 0.15) is 11.5 Å². The molecule has 4 nitrogen and oxygen atoms in total. The first-order valence-corrected chi connectivity index (χ1v) is 7.04. The molecule has 0 heterocycles. The first-order chi connectivity index (χ1) is 9.31. The summed E-state index contributed by atoms with van der Waals surface area (Å²) in [5.74, 6) is 1.65. The molecule has 1 aromatic carbocycles. The van der Waals surface area contributed by atoms with E-state index in [2.05, 4.69) is 26.1 Å². The Hall–Kier alpha value is -1.26. The van der Waals surface area contributed by atoms with Gasteiger partial charge in [-0.15, -0.1) is 0 Å². The third-order valence-corrected chi connectivity index (χ3v) is 2.87. The highest BCUT2D eigenvalue weighted by Gasteiger charge is 2.12. The van der Waals surface area contributed by atoms with Crippen molar-refractivity contribution in [3.8, 4) is 11.5 Å². The average Bonchev–Trinajstić information content (AvgIpc) is 2.36. The minimum absolute atomic E-state index is 0.0416. The van der Waals surface area contributed by atoms with E-state index in [1.165, 1.54) is 0 Å². The molecule has 0 amide bonds. The molecule has 114 valence electrons. The molecular weight excluding hydrogens is 254 g/mol. The molecule has 0 aliphatic rings. The van der Waals surface area contributed by atoms with Crippen LogP contribution in [0.3, 0.4) is 0 Å². The zero-order valence-electron chi connectivity index (χ0n) is 13.2. The van der Waals surface area contributed by atoms with Gasteiger partial charge in [0.25, 0.3) is 0 Å². The number of hydrogen-bond donors (Lipinski definition) is 2. The van der Waals surface area contributed by atoms with Crippen molar-refractivity contribution in [2.24, 2.45) is 0 Å². The van der Waals surface area contributed by atoms with Crippen molar-refractivity contribution in [3.63, 3.8) is 0 Å². The van der Waals surface area contributed by atoms with Crippen LogP contribution < -0.4 is 14.8 Å².